The molecule has 7 heteroatoms. The van der Waals surface area contributed by atoms with Crippen molar-refractivity contribution in [2.75, 3.05) is 0 Å². The molecular weight excluding hydrogens is 284 g/mol. The van der Waals surface area contributed by atoms with Crippen LogP contribution < -0.4 is 16.6 Å². The molecule has 0 aromatic carbocycles. The predicted octanol–water partition coefficient (Wildman–Crippen LogP) is -0.0126. The smallest absolute Gasteiger partial charge is 0.328 e. The molecule has 0 fully saturated rings. The SMILES string of the molecule is Cc1cn(CC(=O)NC(C)Cc2ccncc2)c(=O)[nH]c1=O. The largest absolute Gasteiger partial charge is 0.352 e. The molecule has 0 bridgehead atoms. The first kappa shape index (κ1) is 15.7. The maximum atomic E-state index is 12.0. The van der Waals surface area contributed by atoms with E-state index in [2.05, 4.69) is 15.3 Å². The predicted molar refractivity (Wildman–Crippen MR) is 81.6 cm³/mol. The molecule has 116 valence electrons. The van der Waals surface area contributed by atoms with Crippen molar-refractivity contribution in [3.8, 4) is 0 Å². The Bertz CT molecular complexity index is 764. The lowest BCUT2D eigenvalue weighted by Crippen LogP contribution is -2.40. The van der Waals surface area contributed by atoms with E-state index in [-0.39, 0.29) is 18.5 Å². The van der Waals surface area contributed by atoms with Crippen molar-refractivity contribution in [2.45, 2.75) is 32.9 Å². The molecule has 7 nitrogen and oxygen atoms in total. The van der Waals surface area contributed by atoms with Crippen molar-refractivity contribution in [1.82, 2.24) is 19.9 Å². The van der Waals surface area contributed by atoms with Crippen LogP contribution >= 0.6 is 0 Å². The first-order chi connectivity index (χ1) is 10.5. The lowest BCUT2D eigenvalue weighted by molar-refractivity contribution is -0.122. The van der Waals surface area contributed by atoms with Crippen LogP contribution in [0.3, 0.4) is 0 Å². The second-order valence-electron chi connectivity index (χ2n) is 5.23. The maximum absolute atomic E-state index is 12.0. The molecule has 1 amide bonds. The van der Waals surface area contributed by atoms with Gasteiger partial charge in [-0.25, -0.2) is 4.79 Å². The minimum Gasteiger partial charge on any atom is -0.352 e. The van der Waals surface area contributed by atoms with Crippen LogP contribution in [0.15, 0.2) is 40.3 Å². The minimum atomic E-state index is -0.590. The Kier molecular flexibility index (Phi) is 4.88. The number of aryl methyl sites for hydroxylation is 1. The number of nitrogens with zero attached hydrogens (tertiary/aromatic N) is 2. The van der Waals surface area contributed by atoms with Crippen LogP contribution in [-0.2, 0) is 17.8 Å². The van der Waals surface area contributed by atoms with E-state index >= 15 is 0 Å². The summed E-state index contributed by atoms with van der Waals surface area (Å²) < 4.78 is 1.19. The van der Waals surface area contributed by atoms with Crippen molar-refractivity contribution < 1.29 is 4.79 Å². The topological polar surface area (TPSA) is 96.8 Å². The molecule has 2 aromatic rings. The zero-order valence-electron chi connectivity index (χ0n) is 12.5. The molecular formula is C15H18N4O3. The number of aromatic nitrogens is 3. The van der Waals surface area contributed by atoms with Gasteiger partial charge < -0.3 is 5.32 Å². The molecule has 0 spiro atoms. The number of hydrogen-bond acceptors (Lipinski definition) is 4. The van der Waals surface area contributed by atoms with Gasteiger partial charge in [-0.2, -0.15) is 0 Å². The molecule has 1 unspecified atom stereocenters. The van der Waals surface area contributed by atoms with Gasteiger partial charge >= 0.3 is 5.69 Å². The Morgan fingerprint density at radius 2 is 2.05 bits per heavy atom. The highest BCUT2D eigenvalue weighted by Crippen LogP contribution is 2.01. The highest BCUT2D eigenvalue weighted by Gasteiger charge is 2.10. The van der Waals surface area contributed by atoms with Gasteiger partial charge in [0.1, 0.15) is 6.54 Å². The average Bonchev–Trinajstić information content (AvgIpc) is 2.45. The zero-order chi connectivity index (χ0) is 16.1. The van der Waals surface area contributed by atoms with Crippen molar-refractivity contribution in [3.63, 3.8) is 0 Å². The van der Waals surface area contributed by atoms with Gasteiger partial charge in [-0.1, -0.05) is 0 Å². The van der Waals surface area contributed by atoms with E-state index in [0.717, 1.165) is 5.56 Å². The summed E-state index contributed by atoms with van der Waals surface area (Å²) in [6.45, 7) is 3.34. The fourth-order valence-corrected chi connectivity index (χ4v) is 2.13. The summed E-state index contributed by atoms with van der Waals surface area (Å²) in [5, 5.41) is 2.83. The number of aromatic amines is 1. The first-order valence-corrected chi connectivity index (χ1v) is 6.94. The van der Waals surface area contributed by atoms with Gasteiger partial charge in [0.05, 0.1) is 0 Å². The van der Waals surface area contributed by atoms with Crippen LogP contribution in [0.2, 0.25) is 0 Å². The first-order valence-electron chi connectivity index (χ1n) is 6.94. The van der Waals surface area contributed by atoms with Gasteiger partial charge in [-0.3, -0.25) is 24.1 Å². The lowest BCUT2D eigenvalue weighted by atomic mass is 10.1. The summed E-state index contributed by atoms with van der Waals surface area (Å²) in [6, 6.07) is 3.70. The standard InChI is InChI=1S/C15H18N4O3/c1-10-8-19(15(22)18-14(10)21)9-13(20)17-11(2)7-12-3-5-16-6-4-12/h3-6,8,11H,7,9H2,1-2H3,(H,17,20)(H,18,21,22). The molecule has 1 atom stereocenters. The van der Waals surface area contributed by atoms with Crippen LogP contribution in [0.5, 0.6) is 0 Å². The molecule has 0 aliphatic rings. The molecule has 0 saturated carbocycles. The van der Waals surface area contributed by atoms with Gasteiger partial charge in [-0.15, -0.1) is 0 Å². The second kappa shape index (κ2) is 6.84. The summed E-state index contributed by atoms with van der Waals surface area (Å²) in [5.41, 5.74) is 0.428. The monoisotopic (exact) mass is 302 g/mol. The average molecular weight is 302 g/mol. The fourth-order valence-electron chi connectivity index (χ4n) is 2.13. The normalized spacial score (nSPS) is 11.9. The minimum absolute atomic E-state index is 0.0746. The van der Waals surface area contributed by atoms with Crippen molar-refractivity contribution in [1.29, 1.82) is 0 Å². The van der Waals surface area contributed by atoms with Crippen LogP contribution in [0.1, 0.15) is 18.1 Å². The van der Waals surface area contributed by atoms with E-state index in [1.165, 1.54) is 10.8 Å². The quantitative estimate of drug-likeness (QED) is 0.811. The second-order valence-corrected chi connectivity index (χ2v) is 5.23. The van der Waals surface area contributed by atoms with Gasteiger partial charge in [0.25, 0.3) is 5.56 Å². The summed E-state index contributed by atoms with van der Waals surface area (Å²) in [7, 11) is 0. The number of hydrogen-bond donors (Lipinski definition) is 2. The third kappa shape index (κ3) is 4.15. The Balaban J connectivity index is 1.97. The number of amides is 1. The van der Waals surface area contributed by atoms with Gasteiger partial charge in [-0.05, 0) is 38.0 Å². The van der Waals surface area contributed by atoms with Gasteiger partial charge in [0.15, 0.2) is 0 Å². The molecule has 2 rings (SSSR count). The third-order valence-electron chi connectivity index (χ3n) is 3.20. The van der Waals surface area contributed by atoms with Crippen LogP contribution in [0, 0.1) is 6.92 Å². The summed E-state index contributed by atoms with van der Waals surface area (Å²) in [5.74, 6) is -0.282. The summed E-state index contributed by atoms with van der Waals surface area (Å²) in [4.78, 5) is 41.0. The van der Waals surface area contributed by atoms with E-state index in [0.29, 0.717) is 12.0 Å². The highest BCUT2D eigenvalue weighted by molar-refractivity contribution is 5.76. The molecule has 0 aliphatic heterocycles. The fraction of sp³-hybridized carbons (Fsp3) is 0.333. The van der Waals surface area contributed by atoms with E-state index in [9.17, 15) is 14.4 Å². The number of carbonyl (C=O) groups excluding carboxylic acids is 1. The number of pyridine rings is 1. The molecule has 2 N–H and O–H groups in total. The lowest BCUT2D eigenvalue weighted by Gasteiger charge is -2.14. The van der Waals surface area contributed by atoms with Crippen LogP contribution in [0.4, 0.5) is 0 Å². The van der Waals surface area contributed by atoms with Crippen LogP contribution in [0.25, 0.3) is 0 Å². The van der Waals surface area contributed by atoms with E-state index in [1.54, 1.807) is 19.3 Å². The van der Waals surface area contributed by atoms with E-state index in [4.69, 9.17) is 0 Å². The molecule has 0 radical (unpaired) electrons. The number of carbonyl (C=O) groups is 1. The van der Waals surface area contributed by atoms with Gasteiger partial charge in [0, 0.05) is 30.2 Å². The number of nitrogens with one attached hydrogen (secondary N) is 2. The van der Waals surface area contributed by atoms with Gasteiger partial charge in [0.2, 0.25) is 5.91 Å². The Hall–Kier alpha value is -2.70. The van der Waals surface area contributed by atoms with Crippen molar-refractivity contribution in [2.24, 2.45) is 0 Å². The zero-order valence-corrected chi connectivity index (χ0v) is 12.5. The van der Waals surface area contributed by atoms with Crippen molar-refractivity contribution >= 4 is 5.91 Å². The number of H-pyrrole nitrogens is 1. The molecule has 22 heavy (non-hydrogen) atoms. The van der Waals surface area contributed by atoms with E-state index in [1.807, 2.05) is 19.1 Å². The highest BCUT2D eigenvalue weighted by atomic mass is 16.2. The Morgan fingerprint density at radius 1 is 1.36 bits per heavy atom. The Morgan fingerprint density at radius 3 is 2.73 bits per heavy atom. The molecule has 2 aromatic heterocycles. The third-order valence-corrected chi connectivity index (χ3v) is 3.20. The van der Waals surface area contributed by atoms with Crippen LogP contribution in [-0.4, -0.2) is 26.5 Å². The van der Waals surface area contributed by atoms with Crippen molar-refractivity contribution in [3.05, 3.63) is 62.7 Å². The molecule has 0 aliphatic carbocycles. The molecule has 0 saturated heterocycles. The Labute approximate surface area is 127 Å². The molecule has 2 heterocycles. The summed E-state index contributed by atoms with van der Waals surface area (Å²) in [6.07, 6.45) is 5.46. The summed E-state index contributed by atoms with van der Waals surface area (Å²) >= 11 is 0. The number of rotatable bonds is 5. The van der Waals surface area contributed by atoms with E-state index < -0.39 is 11.2 Å². The maximum Gasteiger partial charge on any atom is 0.328 e.